The lowest BCUT2D eigenvalue weighted by Gasteiger charge is -2.29. The van der Waals surface area contributed by atoms with Gasteiger partial charge in [0, 0.05) is 52.2 Å². The van der Waals surface area contributed by atoms with Crippen LogP contribution in [0, 0.1) is 0 Å². The molecule has 1 aromatic rings. The molecule has 1 heterocycles. The van der Waals surface area contributed by atoms with Gasteiger partial charge >= 0.3 is 0 Å². The molecule has 2 rings (SSSR count). The maximum Gasteiger partial charge on any atom is 0.223 e. The summed E-state index contributed by atoms with van der Waals surface area (Å²) < 4.78 is 0. The van der Waals surface area contributed by atoms with E-state index in [1.54, 1.807) is 0 Å². The van der Waals surface area contributed by atoms with Crippen molar-refractivity contribution in [2.24, 2.45) is 0 Å². The van der Waals surface area contributed by atoms with Gasteiger partial charge in [0.25, 0.3) is 0 Å². The van der Waals surface area contributed by atoms with Crippen LogP contribution in [0.1, 0.15) is 12.0 Å². The number of nitrogens with one attached hydrogen (secondary N) is 1. The Bertz CT molecular complexity index is 419. The van der Waals surface area contributed by atoms with E-state index in [4.69, 9.17) is 0 Å². The zero-order chi connectivity index (χ0) is 14.9. The number of nitrogens with zero attached hydrogens (tertiary/aromatic N) is 2. The predicted molar refractivity (Wildman–Crippen MR) is 82.9 cm³/mol. The van der Waals surface area contributed by atoms with Crippen LogP contribution >= 0.6 is 0 Å². The lowest BCUT2D eigenvalue weighted by molar-refractivity contribution is -0.132. The second kappa shape index (κ2) is 8.77. The predicted octanol–water partition coefficient (Wildman–Crippen LogP) is 0.303. The van der Waals surface area contributed by atoms with E-state index < -0.39 is 0 Å². The molecule has 1 amide bonds. The van der Waals surface area contributed by atoms with Gasteiger partial charge in [-0.25, -0.2) is 0 Å². The van der Waals surface area contributed by atoms with Crippen LogP contribution in [0.25, 0.3) is 0 Å². The molecule has 1 fully saturated rings. The van der Waals surface area contributed by atoms with Crippen molar-refractivity contribution in [2.75, 3.05) is 45.9 Å². The SMILES string of the molecule is O=C(CCN(CCO)Cc1ccccc1)N1CCNCC1. The van der Waals surface area contributed by atoms with E-state index in [9.17, 15) is 9.90 Å². The van der Waals surface area contributed by atoms with Gasteiger partial charge in [-0.15, -0.1) is 0 Å². The highest BCUT2D eigenvalue weighted by molar-refractivity contribution is 5.76. The molecular weight excluding hydrogens is 266 g/mol. The highest BCUT2D eigenvalue weighted by Crippen LogP contribution is 2.06. The molecule has 0 unspecified atom stereocenters. The van der Waals surface area contributed by atoms with Gasteiger partial charge in [0.05, 0.1) is 6.61 Å². The summed E-state index contributed by atoms with van der Waals surface area (Å²) in [4.78, 5) is 16.2. The fourth-order valence-corrected chi connectivity index (χ4v) is 2.58. The van der Waals surface area contributed by atoms with Crippen molar-refractivity contribution in [3.63, 3.8) is 0 Å². The average molecular weight is 291 g/mol. The minimum absolute atomic E-state index is 0.120. The van der Waals surface area contributed by atoms with Crippen molar-refractivity contribution in [3.8, 4) is 0 Å². The third kappa shape index (κ3) is 5.46. The van der Waals surface area contributed by atoms with Gasteiger partial charge < -0.3 is 15.3 Å². The molecule has 116 valence electrons. The molecule has 0 saturated carbocycles. The van der Waals surface area contributed by atoms with E-state index in [1.807, 2.05) is 23.1 Å². The molecule has 21 heavy (non-hydrogen) atoms. The second-order valence-electron chi connectivity index (χ2n) is 5.37. The van der Waals surface area contributed by atoms with Crippen molar-refractivity contribution >= 4 is 5.91 Å². The summed E-state index contributed by atoms with van der Waals surface area (Å²) in [6.45, 7) is 5.56. The number of rotatable bonds is 7. The fourth-order valence-electron chi connectivity index (χ4n) is 2.58. The van der Waals surface area contributed by atoms with Gasteiger partial charge in [-0.05, 0) is 5.56 Å². The first-order valence-electron chi connectivity index (χ1n) is 7.65. The van der Waals surface area contributed by atoms with E-state index in [0.717, 1.165) is 32.7 Å². The molecule has 1 aliphatic rings. The maximum absolute atomic E-state index is 12.2. The third-order valence-corrected chi connectivity index (χ3v) is 3.78. The van der Waals surface area contributed by atoms with Crippen molar-refractivity contribution < 1.29 is 9.90 Å². The molecule has 5 nitrogen and oxygen atoms in total. The van der Waals surface area contributed by atoms with E-state index >= 15 is 0 Å². The summed E-state index contributed by atoms with van der Waals surface area (Å²) in [5.41, 5.74) is 1.21. The minimum Gasteiger partial charge on any atom is -0.395 e. The first-order chi connectivity index (χ1) is 10.3. The molecule has 2 N–H and O–H groups in total. The van der Waals surface area contributed by atoms with Crippen LogP contribution in [0.3, 0.4) is 0 Å². The van der Waals surface area contributed by atoms with Crippen LogP contribution in [0.2, 0.25) is 0 Å². The van der Waals surface area contributed by atoms with E-state index in [-0.39, 0.29) is 12.5 Å². The molecule has 0 spiro atoms. The average Bonchev–Trinajstić information content (AvgIpc) is 2.54. The Morgan fingerprint density at radius 3 is 2.57 bits per heavy atom. The van der Waals surface area contributed by atoms with Gasteiger partial charge in [0.15, 0.2) is 0 Å². The first-order valence-corrected chi connectivity index (χ1v) is 7.65. The molecule has 0 radical (unpaired) electrons. The Hall–Kier alpha value is -1.43. The Morgan fingerprint density at radius 1 is 1.19 bits per heavy atom. The smallest absolute Gasteiger partial charge is 0.223 e. The van der Waals surface area contributed by atoms with Crippen molar-refractivity contribution in [1.29, 1.82) is 0 Å². The number of benzene rings is 1. The number of aliphatic hydroxyl groups is 1. The van der Waals surface area contributed by atoms with Crippen molar-refractivity contribution in [1.82, 2.24) is 15.1 Å². The van der Waals surface area contributed by atoms with Gasteiger partial charge in [-0.1, -0.05) is 30.3 Å². The minimum atomic E-state index is 0.120. The summed E-state index contributed by atoms with van der Waals surface area (Å²) in [6, 6.07) is 10.2. The summed E-state index contributed by atoms with van der Waals surface area (Å²) in [5.74, 6) is 0.215. The van der Waals surface area contributed by atoms with Crippen LogP contribution in [0.15, 0.2) is 30.3 Å². The Labute approximate surface area is 126 Å². The topological polar surface area (TPSA) is 55.8 Å². The van der Waals surface area contributed by atoms with E-state index in [2.05, 4.69) is 22.3 Å². The maximum atomic E-state index is 12.2. The Balaban J connectivity index is 1.80. The van der Waals surface area contributed by atoms with Crippen LogP contribution in [0.4, 0.5) is 0 Å². The number of hydrogen-bond acceptors (Lipinski definition) is 4. The summed E-state index contributed by atoms with van der Waals surface area (Å²) >= 11 is 0. The Morgan fingerprint density at radius 2 is 1.90 bits per heavy atom. The van der Waals surface area contributed by atoms with Crippen LogP contribution in [-0.4, -0.2) is 66.7 Å². The normalized spacial score (nSPS) is 15.4. The molecule has 0 aromatic heterocycles. The second-order valence-corrected chi connectivity index (χ2v) is 5.37. The molecule has 5 heteroatoms. The number of carbonyl (C=O) groups is 1. The Kier molecular flexibility index (Phi) is 6.66. The van der Waals surface area contributed by atoms with Crippen molar-refractivity contribution in [2.45, 2.75) is 13.0 Å². The summed E-state index contributed by atoms with van der Waals surface area (Å²) in [6.07, 6.45) is 0.521. The lowest BCUT2D eigenvalue weighted by atomic mass is 10.2. The molecule has 0 bridgehead atoms. The highest BCUT2D eigenvalue weighted by Gasteiger charge is 2.17. The van der Waals surface area contributed by atoms with Crippen LogP contribution in [-0.2, 0) is 11.3 Å². The lowest BCUT2D eigenvalue weighted by Crippen LogP contribution is -2.47. The number of piperazine rings is 1. The third-order valence-electron chi connectivity index (χ3n) is 3.78. The van der Waals surface area contributed by atoms with Crippen LogP contribution < -0.4 is 5.32 Å². The first kappa shape index (κ1) is 15.9. The molecule has 1 aromatic carbocycles. The van der Waals surface area contributed by atoms with Gasteiger partial charge in [-0.3, -0.25) is 9.69 Å². The molecular formula is C16H25N3O2. The van der Waals surface area contributed by atoms with Gasteiger partial charge in [0.2, 0.25) is 5.91 Å². The van der Waals surface area contributed by atoms with Crippen LogP contribution in [0.5, 0.6) is 0 Å². The number of aliphatic hydroxyl groups excluding tert-OH is 1. The van der Waals surface area contributed by atoms with Gasteiger partial charge in [-0.2, -0.15) is 0 Å². The van der Waals surface area contributed by atoms with Gasteiger partial charge in [0.1, 0.15) is 0 Å². The number of amides is 1. The summed E-state index contributed by atoms with van der Waals surface area (Å²) in [5, 5.41) is 12.4. The molecule has 0 aliphatic carbocycles. The largest absolute Gasteiger partial charge is 0.395 e. The summed E-state index contributed by atoms with van der Waals surface area (Å²) in [7, 11) is 0. The molecule has 1 saturated heterocycles. The van der Waals surface area contributed by atoms with E-state index in [0.29, 0.717) is 19.5 Å². The monoisotopic (exact) mass is 291 g/mol. The zero-order valence-corrected chi connectivity index (χ0v) is 12.5. The quantitative estimate of drug-likeness (QED) is 0.759. The zero-order valence-electron chi connectivity index (χ0n) is 12.5. The molecule has 0 atom stereocenters. The number of hydrogen-bond donors (Lipinski definition) is 2. The molecule has 1 aliphatic heterocycles. The van der Waals surface area contributed by atoms with E-state index in [1.165, 1.54) is 5.56 Å². The fraction of sp³-hybridized carbons (Fsp3) is 0.562. The highest BCUT2D eigenvalue weighted by atomic mass is 16.3. The number of carbonyl (C=O) groups excluding carboxylic acids is 1. The van der Waals surface area contributed by atoms with Crippen molar-refractivity contribution in [3.05, 3.63) is 35.9 Å². The standard InChI is InChI=1S/C16H25N3O2/c20-13-12-18(14-15-4-2-1-3-5-15)9-6-16(21)19-10-7-17-8-11-19/h1-5,17,20H,6-14H2.